The summed E-state index contributed by atoms with van der Waals surface area (Å²) in [4.78, 5) is 19.1. The van der Waals surface area contributed by atoms with Crippen LogP contribution in [0.2, 0.25) is 5.02 Å². The van der Waals surface area contributed by atoms with E-state index in [4.69, 9.17) is 16.3 Å². The zero-order chi connectivity index (χ0) is 45.8. The molecule has 4 aliphatic rings. The number of benzene rings is 4. The average Bonchev–Trinajstić information content (AvgIpc) is 3.85. The molecule has 3 heterocycles. The van der Waals surface area contributed by atoms with Gasteiger partial charge in [-0.1, -0.05) is 53.9 Å². The normalized spacial score (nSPS) is 20.5. The van der Waals surface area contributed by atoms with E-state index < -0.39 is 52.8 Å². The van der Waals surface area contributed by atoms with Crippen LogP contribution < -0.4 is 14.9 Å². The van der Waals surface area contributed by atoms with Crippen molar-refractivity contribution in [2.75, 3.05) is 68.4 Å². The Labute approximate surface area is 388 Å². The predicted octanol–water partition coefficient (Wildman–Crippen LogP) is 8.73. The van der Waals surface area contributed by atoms with Gasteiger partial charge in [0.05, 0.1) is 23.3 Å². The van der Waals surface area contributed by atoms with Crippen molar-refractivity contribution in [1.29, 1.82) is 0 Å². The highest BCUT2D eigenvalue weighted by molar-refractivity contribution is 7.99. The highest BCUT2D eigenvalue weighted by Crippen LogP contribution is 2.38. The van der Waals surface area contributed by atoms with E-state index in [2.05, 4.69) is 32.1 Å². The maximum atomic E-state index is 14.2. The molecule has 3 saturated heterocycles. The first-order chi connectivity index (χ1) is 31.1. The Hall–Kier alpha value is -4.10. The lowest BCUT2D eigenvalue weighted by molar-refractivity contribution is -0.0435. The maximum Gasteiger partial charge on any atom is 0.501 e. The molecule has 348 valence electrons. The third-order valence-electron chi connectivity index (χ3n) is 12.7. The van der Waals surface area contributed by atoms with Gasteiger partial charge in [-0.3, -0.25) is 14.6 Å². The van der Waals surface area contributed by atoms with Crippen LogP contribution in [-0.2, 0) is 24.6 Å². The van der Waals surface area contributed by atoms with Crippen LogP contribution in [0.5, 0.6) is 0 Å². The number of thioether (sulfide) groups is 1. The number of nitrogens with one attached hydrogen (secondary N) is 2. The summed E-state index contributed by atoms with van der Waals surface area (Å²) in [5.41, 5.74) is -1.14. The molecule has 4 aromatic carbocycles. The number of alkyl halides is 3. The van der Waals surface area contributed by atoms with Gasteiger partial charge in [0, 0.05) is 84.8 Å². The molecule has 1 aliphatic carbocycles. The summed E-state index contributed by atoms with van der Waals surface area (Å²) in [6.07, 6.45) is 7.18. The van der Waals surface area contributed by atoms with Gasteiger partial charge in [-0.2, -0.15) is 13.2 Å². The summed E-state index contributed by atoms with van der Waals surface area (Å²) in [7, 11) is -10.9. The van der Waals surface area contributed by atoms with Crippen molar-refractivity contribution in [2.45, 2.75) is 83.3 Å². The van der Waals surface area contributed by atoms with E-state index in [0.29, 0.717) is 31.4 Å². The monoisotopic (exact) mass is 971 g/mol. The van der Waals surface area contributed by atoms with Crippen LogP contribution in [-0.4, -0.2) is 114 Å². The first-order valence-electron chi connectivity index (χ1n) is 22.0. The molecule has 0 spiro atoms. The molecule has 1 amide bonds. The molecule has 8 rings (SSSR count). The summed E-state index contributed by atoms with van der Waals surface area (Å²) < 4.78 is 104. The summed E-state index contributed by atoms with van der Waals surface area (Å²) in [5, 5.41) is 3.74. The van der Waals surface area contributed by atoms with Gasteiger partial charge in [-0.25, -0.2) is 21.6 Å². The van der Waals surface area contributed by atoms with Crippen molar-refractivity contribution in [3.05, 3.63) is 119 Å². The molecular formula is C47H53ClF3N5O6S3. The fourth-order valence-electron chi connectivity index (χ4n) is 9.16. The van der Waals surface area contributed by atoms with Crippen LogP contribution >= 0.6 is 23.4 Å². The number of amides is 1. The van der Waals surface area contributed by atoms with Gasteiger partial charge in [-0.05, 0) is 116 Å². The number of halogens is 4. The van der Waals surface area contributed by atoms with E-state index in [1.165, 1.54) is 59.9 Å². The van der Waals surface area contributed by atoms with Crippen LogP contribution in [0.3, 0.4) is 0 Å². The first-order valence-corrected chi connectivity index (χ1v) is 26.3. The molecular weight excluding hydrogens is 919 g/mol. The number of likely N-dealkylation sites (tertiary alicyclic amines) is 1. The molecule has 0 aromatic heterocycles. The fourth-order valence-corrected chi connectivity index (χ4v) is 12.3. The summed E-state index contributed by atoms with van der Waals surface area (Å²) in [5.74, 6) is -0.639. The summed E-state index contributed by atoms with van der Waals surface area (Å²) >= 11 is 7.64. The number of hydrogen-bond acceptors (Lipinski definition) is 11. The van der Waals surface area contributed by atoms with Crippen molar-refractivity contribution in [1.82, 2.24) is 14.5 Å². The number of sulfonamides is 1. The number of morpholine rings is 1. The summed E-state index contributed by atoms with van der Waals surface area (Å²) in [6.45, 7) is 6.01. The minimum absolute atomic E-state index is 0.00366. The molecule has 3 aliphatic heterocycles. The Morgan fingerprint density at radius 1 is 0.877 bits per heavy atom. The Bertz CT molecular complexity index is 2560. The van der Waals surface area contributed by atoms with Crippen molar-refractivity contribution in [2.24, 2.45) is 0 Å². The zero-order valence-electron chi connectivity index (χ0n) is 35.8. The first kappa shape index (κ1) is 47.4. The molecule has 18 heteroatoms. The molecule has 0 saturated carbocycles. The van der Waals surface area contributed by atoms with E-state index in [-0.39, 0.29) is 17.7 Å². The second-order valence-electron chi connectivity index (χ2n) is 17.1. The average molecular weight is 973 g/mol. The van der Waals surface area contributed by atoms with E-state index in [0.717, 1.165) is 86.3 Å². The van der Waals surface area contributed by atoms with Crippen LogP contribution in [0.25, 0.3) is 5.57 Å². The third-order valence-corrected chi connectivity index (χ3v) is 17.0. The number of hydrogen-bond donors (Lipinski definition) is 2. The van der Waals surface area contributed by atoms with Crippen LogP contribution in [0.1, 0.15) is 60.9 Å². The number of rotatable bonds is 16. The highest BCUT2D eigenvalue weighted by Gasteiger charge is 2.48. The van der Waals surface area contributed by atoms with Gasteiger partial charge >= 0.3 is 5.51 Å². The quantitative estimate of drug-likeness (QED) is 0.105. The largest absolute Gasteiger partial charge is 0.501 e. The Balaban J connectivity index is 0.930. The van der Waals surface area contributed by atoms with Crippen LogP contribution in [0.15, 0.2) is 117 Å². The lowest BCUT2D eigenvalue weighted by atomic mass is 9.95. The Morgan fingerprint density at radius 3 is 2.28 bits per heavy atom. The number of carbonyl (C=O) groups is 1. The van der Waals surface area contributed by atoms with Gasteiger partial charge in [-0.15, -0.1) is 11.8 Å². The molecule has 65 heavy (non-hydrogen) atoms. The number of piperazine rings is 1. The van der Waals surface area contributed by atoms with E-state index in [1.54, 1.807) is 12.1 Å². The lowest BCUT2D eigenvalue weighted by Gasteiger charge is -2.37. The van der Waals surface area contributed by atoms with E-state index in [9.17, 15) is 34.8 Å². The Kier molecular flexibility index (Phi) is 14.9. The summed E-state index contributed by atoms with van der Waals surface area (Å²) in [6, 6.07) is 26.2. The second kappa shape index (κ2) is 20.4. The second-order valence-corrected chi connectivity index (χ2v) is 22.2. The van der Waals surface area contributed by atoms with Crippen LogP contribution in [0.4, 0.5) is 24.5 Å². The minimum atomic E-state index is -6.05. The predicted molar refractivity (Wildman–Crippen MR) is 250 cm³/mol. The number of nitrogens with zero attached hydrogens (tertiary/aromatic N) is 3. The number of carbonyl (C=O) groups excluding carboxylic acids is 1. The Morgan fingerprint density at radius 2 is 1.60 bits per heavy atom. The van der Waals surface area contributed by atoms with Gasteiger partial charge in [0.25, 0.3) is 25.8 Å². The van der Waals surface area contributed by atoms with Crippen LogP contribution in [0, 0.1) is 0 Å². The van der Waals surface area contributed by atoms with Gasteiger partial charge < -0.3 is 15.0 Å². The standard InChI is InChI=1S/C47H53ClF3N5O6S3/c48-36-15-11-33(12-16-36)43-10-6-1-3-7-35(43)29-54-23-25-55(26-24-54)38-17-13-34(14-18-38)46(57)53-65(60,61)42-19-20-44(45(28-42)64(58,59)47(49,50)51)52-37(32-63-41-8-4-2-5-9-41)21-22-56-30-40-27-39(56)31-62-40/h2,4-5,8-9,11-20,28,37,39-40,52H,1,3,6-7,10,21-27,29-32H2,(H,53,57)/t37?,39?,40-/m1/s1. The number of anilines is 2. The SMILES string of the molecule is O=C(NS(=O)(=O)c1ccc(NC(CCN2C[C@H]3CC2CO3)CSc2ccccc2)c(S(=O)(=O)C(F)(F)F)c1)c1ccc(N2CCN(CC3=C(c4ccc(Cl)cc4)CCCCC3)CC2)cc1. The van der Waals surface area contributed by atoms with Crippen molar-refractivity contribution in [3.8, 4) is 0 Å². The van der Waals surface area contributed by atoms with Crippen molar-refractivity contribution in [3.63, 3.8) is 0 Å². The van der Waals surface area contributed by atoms with Crippen molar-refractivity contribution >= 4 is 66.1 Å². The van der Waals surface area contributed by atoms with E-state index >= 15 is 0 Å². The van der Waals surface area contributed by atoms with Gasteiger partial charge in [0.2, 0.25) is 0 Å². The third kappa shape index (κ3) is 11.5. The van der Waals surface area contributed by atoms with Crippen molar-refractivity contribution < 1.29 is 39.5 Å². The minimum Gasteiger partial charge on any atom is -0.380 e. The van der Waals surface area contributed by atoms with Gasteiger partial charge in [0.1, 0.15) is 4.90 Å². The molecule has 2 unspecified atom stereocenters. The number of ether oxygens (including phenoxy) is 1. The number of sulfone groups is 1. The highest BCUT2D eigenvalue weighted by atomic mass is 35.5. The fraction of sp³-hybridized carbons (Fsp3) is 0.426. The molecule has 0 radical (unpaired) electrons. The van der Waals surface area contributed by atoms with Gasteiger partial charge in [0.15, 0.2) is 0 Å². The lowest BCUT2D eigenvalue weighted by Crippen LogP contribution is -2.47. The molecule has 2 N–H and O–H groups in total. The molecule has 3 atom stereocenters. The molecule has 2 bridgehead atoms. The molecule has 11 nitrogen and oxygen atoms in total. The topological polar surface area (TPSA) is 128 Å². The smallest absolute Gasteiger partial charge is 0.380 e. The molecule has 3 fully saturated rings. The number of allylic oxidation sites excluding steroid dienone is 1. The number of fused-ring (bicyclic) bond motifs is 2. The zero-order valence-corrected chi connectivity index (χ0v) is 39.0. The molecule has 4 aromatic rings. The maximum absolute atomic E-state index is 14.2. The van der Waals surface area contributed by atoms with E-state index in [1.807, 2.05) is 47.2 Å².